The third-order valence-electron chi connectivity index (χ3n) is 3.85. The van der Waals surface area contributed by atoms with Gasteiger partial charge in [-0.25, -0.2) is 4.98 Å². The second kappa shape index (κ2) is 5.15. The van der Waals surface area contributed by atoms with Crippen molar-refractivity contribution in [3.8, 4) is 0 Å². The Bertz CT molecular complexity index is 425. The second-order valence-electron chi connectivity index (χ2n) is 5.14. The number of aromatic nitrogens is 1. The minimum absolute atomic E-state index is 0.719. The summed E-state index contributed by atoms with van der Waals surface area (Å²) in [5.74, 6) is 1.14. The van der Waals surface area contributed by atoms with Gasteiger partial charge in [-0.15, -0.1) is 0 Å². The third-order valence-corrected chi connectivity index (χ3v) is 4.28. The van der Waals surface area contributed by atoms with Crippen LogP contribution in [0.5, 0.6) is 0 Å². The van der Waals surface area contributed by atoms with E-state index in [4.69, 9.17) is 0 Å². The van der Waals surface area contributed by atoms with Crippen molar-refractivity contribution in [1.29, 1.82) is 0 Å². The van der Waals surface area contributed by atoms with E-state index in [1.165, 1.54) is 18.7 Å². The molecule has 18 heavy (non-hydrogen) atoms. The van der Waals surface area contributed by atoms with Crippen molar-refractivity contribution < 1.29 is 0 Å². The van der Waals surface area contributed by atoms with Crippen molar-refractivity contribution in [3.05, 3.63) is 22.3 Å². The molecule has 0 radical (unpaired) electrons. The molecule has 1 aromatic rings. The van der Waals surface area contributed by atoms with Crippen molar-refractivity contribution in [2.75, 3.05) is 44.2 Å². The van der Waals surface area contributed by atoms with E-state index >= 15 is 0 Å². The van der Waals surface area contributed by atoms with Gasteiger partial charge in [-0.2, -0.15) is 0 Å². The first kappa shape index (κ1) is 12.4. The monoisotopic (exact) mass is 310 g/mol. The van der Waals surface area contributed by atoms with Gasteiger partial charge < -0.3 is 10.2 Å². The second-order valence-corrected chi connectivity index (χ2v) is 6.05. The van der Waals surface area contributed by atoms with E-state index in [9.17, 15) is 0 Å². The molecule has 3 heterocycles. The first-order valence-corrected chi connectivity index (χ1v) is 7.35. The van der Waals surface area contributed by atoms with Crippen LogP contribution in [-0.4, -0.2) is 55.2 Å². The summed E-state index contributed by atoms with van der Waals surface area (Å²) in [5.41, 5.74) is 1.25. The normalized spacial score (nSPS) is 22.0. The molecule has 1 aromatic heterocycles. The average Bonchev–Trinajstić information content (AvgIpc) is 2.31. The number of pyridine rings is 1. The molecule has 0 saturated carbocycles. The van der Waals surface area contributed by atoms with Crippen LogP contribution in [0.3, 0.4) is 0 Å². The topological polar surface area (TPSA) is 31.4 Å². The van der Waals surface area contributed by atoms with Crippen LogP contribution < -0.4 is 10.2 Å². The standard InChI is InChI=1S/C13H19BrN4/c1-10-6-11(14)7-16-13(10)18-8-12(9-18)17-4-2-15-3-5-17/h6-7,12,15H,2-5,8-9H2,1H3. The smallest absolute Gasteiger partial charge is 0.131 e. The number of hydrogen-bond acceptors (Lipinski definition) is 4. The number of piperazine rings is 1. The Kier molecular flexibility index (Phi) is 3.54. The Balaban J connectivity index is 1.61. The van der Waals surface area contributed by atoms with E-state index in [1.807, 2.05) is 6.20 Å². The fourth-order valence-electron chi connectivity index (χ4n) is 2.77. The van der Waals surface area contributed by atoms with E-state index < -0.39 is 0 Å². The summed E-state index contributed by atoms with van der Waals surface area (Å²) >= 11 is 3.46. The molecule has 5 heteroatoms. The maximum Gasteiger partial charge on any atom is 0.131 e. The van der Waals surface area contributed by atoms with E-state index in [0.717, 1.165) is 42.5 Å². The summed E-state index contributed by atoms with van der Waals surface area (Å²) in [4.78, 5) is 9.51. The number of hydrogen-bond donors (Lipinski definition) is 1. The number of aryl methyl sites for hydroxylation is 1. The quantitative estimate of drug-likeness (QED) is 0.891. The van der Waals surface area contributed by atoms with Gasteiger partial charge in [0.05, 0.1) is 0 Å². The molecular formula is C13H19BrN4. The van der Waals surface area contributed by atoms with E-state index in [0.29, 0.717) is 0 Å². The van der Waals surface area contributed by atoms with Gasteiger partial charge in [0.1, 0.15) is 5.82 Å². The van der Waals surface area contributed by atoms with Gasteiger partial charge >= 0.3 is 0 Å². The Morgan fingerprint density at radius 1 is 1.33 bits per heavy atom. The summed E-state index contributed by atoms with van der Waals surface area (Å²) < 4.78 is 1.06. The van der Waals surface area contributed by atoms with Gasteiger partial charge in [-0.05, 0) is 34.5 Å². The highest BCUT2D eigenvalue weighted by Crippen LogP contribution is 2.26. The van der Waals surface area contributed by atoms with Crippen LogP contribution >= 0.6 is 15.9 Å². The molecule has 0 atom stereocenters. The van der Waals surface area contributed by atoms with Crippen molar-refractivity contribution in [2.24, 2.45) is 0 Å². The molecule has 98 valence electrons. The van der Waals surface area contributed by atoms with Crippen LogP contribution in [0, 0.1) is 6.92 Å². The largest absolute Gasteiger partial charge is 0.353 e. The zero-order valence-electron chi connectivity index (χ0n) is 10.7. The predicted molar refractivity (Wildman–Crippen MR) is 77.1 cm³/mol. The number of rotatable bonds is 2. The van der Waals surface area contributed by atoms with Crippen LogP contribution in [0.2, 0.25) is 0 Å². The van der Waals surface area contributed by atoms with Gasteiger partial charge in [-0.1, -0.05) is 0 Å². The van der Waals surface area contributed by atoms with Gasteiger partial charge in [0.25, 0.3) is 0 Å². The summed E-state index contributed by atoms with van der Waals surface area (Å²) in [6.45, 7) is 9.00. The molecular weight excluding hydrogens is 292 g/mol. The lowest BCUT2D eigenvalue weighted by Crippen LogP contribution is -2.63. The number of halogens is 1. The molecule has 1 N–H and O–H groups in total. The molecule has 0 aliphatic carbocycles. The average molecular weight is 311 g/mol. The van der Waals surface area contributed by atoms with Crippen molar-refractivity contribution in [2.45, 2.75) is 13.0 Å². The summed E-state index contributed by atoms with van der Waals surface area (Å²) in [6, 6.07) is 2.86. The van der Waals surface area contributed by atoms with Crippen LogP contribution in [0.4, 0.5) is 5.82 Å². The molecule has 0 amide bonds. The van der Waals surface area contributed by atoms with E-state index in [1.54, 1.807) is 0 Å². The molecule has 0 bridgehead atoms. The number of nitrogens with zero attached hydrogens (tertiary/aromatic N) is 3. The highest BCUT2D eigenvalue weighted by Gasteiger charge is 2.33. The van der Waals surface area contributed by atoms with E-state index in [-0.39, 0.29) is 0 Å². The SMILES string of the molecule is Cc1cc(Br)cnc1N1CC(N2CCNCC2)C1. The van der Waals surface area contributed by atoms with Crippen LogP contribution in [-0.2, 0) is 0 Å². The minimum atomic E-state index is 0.719. The molecule has 2 saturated heterocycles. The molecule has 0 aromatic carbocycles. The summed E-state index contributed by atoms with van der Waals surface area (Å²) in [6.07, 6.45) is 1.89. The molecule has 0 unspecified atom stereocenters. The number of nitrogens with one attached hydrogen (secondary N) is 1. The van der Waals surface area contributed by atoms with Crippen LogP contribution in [0.25, 0.3) is 0 Å². The van der Waals surface area contributed by atoms with Crippen LogP contribution in [0.1, 0.15) is 5.56 Å². The first-order chi connectivity index (χ1) is 8.74. The fraction of sp³-hybridized carbons (Fsp3) is 0.615. The molecule has 2 aliphatic rings. The highest BCUT2D eigenvalue weighted by molar-refractivity contribution is 9.10. The van der Waals surface area contributed by atoms with Gasteiger partial charge in [0.2, 0.25) is 0 Å². The summed E-state index contributed by atoms with van der Waals surface area (Å²) in [7, 11) is 0. The van der Waals surface area contributed by atoms with Gasteiger partial charge in [0, 0.05) is 56.0 Å². The van der Waals surface area contributed by atoms with E-state index in [2.05, 4.69) is 49.0 Å². The van der Waals surface area contributed by atoms with Crippen molar-refractivity contribution in [1.82, 2.24) is 15.2 Å². The maximum absolute atomic E-state index is 4.53. The van der Waals surface area contributed by atoms with Gasteiger partial charge in [-0.3, -0.25) is 4.90 Å². The predicted octanol–water partition coefficient (Wildman–Crippen LogP) is 1.25. The Labute approximate surface area is 116 Å². The fourth-order valence-corrected chi connectivity index (χ4v) is 3.22. The molecule has 2 fully saturated rings. The van der Waals surface area contributed by atoms with Gasteiger partial charge in [0.15, 0.2) is 0 Å². The lowest BCUT2D eigenvalue weighted by atomic mass is 10.1. The lowest BCUT2D eigenvalue weighted by molar-refractivity contribution is 0.147. The number of anilines is 1. The Morgan fingerprint density at radius 2 is 2.06 bits per heavy atom. The Morgan fingerprint density at radius 3 is 2.72 bits per heavy atom. The maximum atomic E-state index is 4.53. The molecule has 4 nitrogen and oxygen atoms in total. The minimum Gasteiger partial charge on any atom is -0.353 e. The molecule has 2 aliphatic heterocycles. The molecule has 0 spiro atoms. The first-order valence-electron chi connectivity index (χ1n) is 6.56. The zero-order valence-corrected chi connectivity index (χ0v) is 12.3. The Hall–Kier alpha value is -0.650. The third kappa shape index (κ3) is 2.39. The molecule has 3 rings (SSSR count). The van der Waals surface area contributed by atoms with Crippen LogP contribution in [0.15, 0.2) is 16.7 Å². The lowest BCUT2D eigenvalue weighted by Gasteiger charge is -2.47. The zero-order chi connectivity index (χ0) is 12.5. The van der Waals surface area contributed by atoms with Crippen molar-refractivity contribution in [3.63, 3.8) is 0 Å². The highest BCUT2D eigenvalue weighted by atomic mass is 79.9. The van der Waals surface area contributed by atoms with Crippen molar-refractivity contribution >= 4 is 21.7 Å². The summed E-state index contributed by atoms with van der Waals surface area (Å²) in [5, 5.41) is 3.40.